The molecule has 2 rings (SSSR count). The summed E-state index contributed by atoms with van der Waals surface area (Å²) in [5.74, 6) is 2.70. The molecule has 6 heteroatoms. The Labute approximate surface area is 156 Å². The number of phenols is 1. The molecule has 0 aliphatic rings. The third kappa shape index (κ3) is 4.67. The summed E-state index contributed by atoms with van der Waals surface area (Å²) in [7, 11) is 4.96. The monoisotopic (exact) mass is 443 g/mol. The highest BCUT2D eigenvalue weighted by Gasteiger charge is 2.10. The van der Waals surface area contributed by atoms with Gasteiger partial charge >= 0.3 is 0 Å². The number of phenolic OH excluding ortho intramolecular Hbond substituents is 1. The fourth-order valence-electron chi connectivity index (χ4n) is 2.47. The average Bonchev–Trinajstić information content (AvgIpc) is 2.59. The summed E-state index contributed by atoms with van der Waals surface area (Å²) in [6.45, 7) is 1.38. The first-order chi connectivity index (χ1) is 11.6. The van der Waals surface area contributed by atoms with Gasteiger partial charge in [-0.3, -0.25) is 0 Å². The van der Waals surface area contributed by atoms with Crippen LogP contribution in [-0.4, -0.2) is 33.0 Å². The molecular weight excluding hydrogens is 421 g/mol. The van der Waals surface area contributed by atoms with E-state index >= 15 is 0 Å². The van der Waals surface area contributed by atoms with Gasteiger partial charge in [-0.15, -0.1) is 0 Å². The normalized spacial score (nSPS) is 10.5. The Hall–Kier alpha value is -1.67. The van der Waals surface area contributed by atoms with Crippen LogP contribution in [0, 0.1) is 3.57 Å². The number of hydrogen-bond donors (Lipinski definition) is 2. The van der Waals surface area contributed by atoms with Crippen molar-refractivity contribution in [3.05, 3.63) is 45.0 Å². The summed E-state index contributed by atoms with van der Waals surface area (Å²) >= 11 is 2.23. The van der Waals surface area contributed by atoms with E-state index in [2.05, 4.69) is 27.9 Å². The van der Waals surface area contributed by atoms with Crippen molar-refractivity contribution in [3.8, 4) is 23.0 Å². The number of nitrogens with one attached hydrogen (secondary N) is 1. The second-order valence-corrected chi connectivity index (χ2v) is 6.38. The lowest BCUT2D eigenvalue weighted by Crippen LogP contribution is -2.17. The van der Waals surface area contributed by atoms with Crippen molar-refractivity contribution in [2.45, 2.75) is 13.0 Å². The van der Waals surface area contributed by atoms with Crippen LogP contribution in [0.4, 0.5) is 0 Å². The summed E-state index contributed by atoms with van der Waals surface area (Å²) in [5.41, 5.74) is 2.01. The van der Waals surface area contributed by atoms with Crippen molar-refractivity contribution in [3.63, 3.8) is 0 Å². The highest BCUT2D eigenvalue weighted by atomic mass is 127. The topological polar surface area (TPSA) is 60.0 Å². The van der Waals surface area contributed by atoms with Crippen LogP contribution in [-0.2, 0) is 13.0 Å². The Bertz CT molecular complexity index is 691. The highest BCUT2D eigenvalue weighted by Crippen LogP contribution is 2.30. The van der Waals surface area contributed by atoms with Crippen molar-refractivity contribution in [1.29, 1.82) is 0 Å². The molecule has 0 unspecified atom stereocenters. The molecule has 0 aromatic heterocycles. The van der Waals surface area contributed by atoms with Gasteiger partial charge < -0.3 is 24.6 Å². The third-order valence-electron chi connectivity index (χ3n) is 3.71. The molecule has 2 aromatic carbocycles. The first-order valence-electron chi connectivity index (χ1n) is 7.56. The lowest BCUT2D eigenvalue weighted by molar-refractivity contribution is 0.395. The smallest absolute Gasteiger partial charge is 0.132 e. The Morgan fingerprint density at radius 1 is 0.917 bits per heavy atom. The molecule has 0 aliphatic carbocycles. The fourth-order valence-corrected chi connectivity index (χ4v) is 3.13. The molecule has 130 valence electrons. The summed E-state index contributed by atoms with van der Waals surface area (Å²) in [6, 6.07) is 9.08. The van der Waals surface area contributed by atoms with Crippen molar-refractivity contribution in [1.82, 2.24) is 5.32 Å². The lowest BCUT2D eigenvalue weighted by Gasteiger charge is -2.13. The molecule has 5 nitrogen and oxygen atoms in total. The van der Waals surface area contributed by atoms with Gasteiger partial charge in [0.25, 0.3) is 0 Å². The number of hydrogen-bond acceptors (Lipinski definition) is 5. The predicted octanol–water partition coefficient (Wildman–Crippen LogP) is 3.35. The molecule has 0 radical (unpaired) electrons. The molecule has 0 heterocycles. The maximum Gasteiger partial charge on any atom is 0.132 e. The van der Waals surface area contributed by atoms with Crippen LogP contribution in [0.2, 0.25) is 0 Å². The van der Waals surface area contributed by atoms with E-state index in [1.807, 2.05) is 12.1 Å². The van der Waals surface area contributed by atoms with Crippen LogP contribution < -0.4 is 19.5 Å². The molecule has 0 saturated carbocycles. The van der Waals surface area contributed by atoms with E-state index in [9.17, 15) is 5.11 Å². The standard InChI is InChI=1S/C18H22INO4/c1-22-16-5-4-14(21)8-13(16)11-20-7-6-12-9-18(24-3)15(19)10-17(12)23-2/h4-5,8-10,20-21H,6-7,11H2,1-3H3. The van der Waals surface area contributed by atoms with Crippen LogP contribution >= 0.6 is 22.6 Å². The van der Waals surface area contributed by atoms with E-state index in [1.165, 1.54) is 0 Å². The Morgan fingerprint density at radius 2 is 1.62 bits per heavy atom. The summed E-state index contributed by atoms with van der Waals surface area (Å²) < 4.78 is 17.2. The Balaban J connectivity index is 1.99. The first-order valence-corrected chi connectivity index (χ1v) is 8.64. The maximum atomic E-state index is 9.61. The van der Waals surface area contributed by atoms with Crippen molar-refractivity contribution < 1.29 is 19.3 Å². The van der Waals surface area contributed by atoms with Crippen molar-refractivity contribution in [2.75, 3.05) is 27.9 Å². The van der Waals surface area contributed by atoms with E-state index in [0.717, 1.165) is 44.9 Å². The van der Waals surface area contributed by atoms with E-state index < -0.39 is 0 Å². The van der Waals surface area contributed by atoms with Crippen molar-refractivity contribution in [2.24, 2.45) is 0 Å². The number of ether oxygens (including phenoxy) is 3. The van der Waals surface area contributed by atoms with Crippen molar-refractivity contribution >= 4 is 22.6 Å². The van der Waals surface area contributed by atoms with Crippen LogP contribution in [0.25, 0.3) is 0 Å². The lowest BCUT2D eigenvalue weighted by atomic mass is 10.1. The van der Waals surface area contributed by atoms with Gasteiger partial charge in [-0.05, 0) is 71.5 Å². The van der Waals surface area contributed by atoms with Crippen LogP contribution in [0.15, 0.2) is 30.3 Å². The summed E-state index contributed by atoms with van der Waals surface area (Å²) in [4.78, 5) is 0. The molecule has 24 heavy (non-hydrogen) atoms. The van der Waals surface area contributed by atoms with Crippen LogP contribution in [0.1, 0.15) is 11.1 Å². The Morgan fingerprint density at radius 3 is 2.29 bits per heavy atom. The van der Waals surface area contributed by atoms with Gasteiger partial charge in [0.1, 0.15) is 23.0 Å². The Kier molecular flexibility index (Phi) is 6.99. The predicted molar refractivity (Wildman–Crippen MR) is 102 cm³/mol. The number of rotatable bonds is 8. The molecule has 0 spiro atoms. The largest absolute Gasteiger partial charge is 0.508 e. The molecule has 0 atom stereocenters. The highest BCUT2D eigenvalue weighted by molar-refractivity contribution is 14.1. The molecule has 0 amide bonds. The third-order valence-corrected chi connectivity index (χ3v) is 4.55. The molecule has 2 N–H and O–H groups in total. The molecular formula is C18H22INO4. The van der Waals surface area contributed by atoms with E-state index in [4.69, 9.17) is 14.2 Å². The van der Waals surface area contributed by atoms with Gasteiger partial charge in [0.2, 0.25) is 0 Å². The zero-order chi connectivity index (χ0) is 17.5. The van der Waals surface area contributed by atoms with E-state index in [1.54, 1.807) is 39.5 Å². The van der Waals surface area contributed by atoms with E-state index in [0.29, 0.717) is 6.54 Å². The first kappa shape index (κ1) is 18.7. The number of benzene rings is 2. The number of aromatic hydroxyl groups is 1. The maximum absolute atomic E-state index is 9.61. The van der Waals surface area contributed by atoms with Crippen LogP contribution in [0.5, 0.6) is 23.0 Å². The molecule has 2 aromatic rings. The number of methoxy groups -OCH3 is 3. The van der Waals surface area contributed by atoms with Gasteiger partial charge in [0, 0.05) is 12.1 Å². The zero-order valence-corrected chi connectivity index (χ0v) is 16.2. The molecule has 0 bridgehead atoms. The minimum atomic E-state index is 0.233. The van der Waals surface area contributed by atoms with Gasteiger partial charge in [-0.25, -0.2) is 0 Å². The molecule has 0 saturated heterocycles. The minimum absolute atomic E-state index is 0.233. The summed E-state index contributed by atoms with van der Waals surface area (Å²) in [5, 5.41) is 13.0. The second-order valence-electron chi connectivity index (χ2n) is 5.22. The number of halogens is 1. The van der Waals surface area contributed by atoms with Gasteiger partial charge in [0.05, 0.1) is 24.9 Å². The molecule has 0 aliphatic heterocycles. The van der Waals surface area contributed by atoms with Crippen LogP contribution in [0.3, 0.4) is 0 Å². The zero-order valence-electron chi connectivity index (χ0n) is 14.1. The van der Waals surface area contributed by atoms with Gasteiger partial charge in [0.15, 0.2) is 0 Å². The minimum Gasteiger partial charge on any atom is -0.508 e. The van der Waals surface area contributed by atoms with Gasteiger partial charge in [-0.1, -0.05) is 0 Å². The summed E-state index contributed by atoms with van der Waals surface area (Å²) in [6.07, 6.45) is 0.803. The molecule has 0 fully saturated rings. The fraction of sp³-hybridized carbons (Fsp3) is 0.333. The second kappa shape index (κ2) is 8.98. The quantitative estimate of drug-likeness (QED) is 0.484. The average molecular weight is 443 g/mol. The van der Waals surface area contributed by atoms with E-state index in [-0.39, 0.29) is 5.75 Å². The SMILES string of the molecule is COc1cc(CCNCc2cc(O)ccc2OC)c(OC)cc1I. The van der Waals surface area contributed by atoms with Gasteiger partial charge in [-0.2, -0.15) is 0 Å².